The molecule has 3 rings (SSSR count). The van der Waals surface area contributed by atoms with Crippen LogP contribution in [0.25, 0.3) is 0 Å². The Labute approximate surface area is 119 Å². The van der Waals surface area contributed by atoms with Crippen molar-refractivity contribution < 1.29 is 9.59 Å². The number of carbonyl (C=O) groups excluding carboxylic acids is 2. The van der Waals surface area contributed by atoms with Gasteiger partial charge in [-0.2, -0.15) is 5.26 Å². The lowest BCUT2D eigenvalue weighted by Crippen LogP contribution is -2.43. The van der Waals surface area contributed by atoms with Gasteiger partial charge in [-0.15, -0.1) is 0 Å². The van der Waals surface area contributed by atoms with E-state index in [1.807, 2.05) is 0 Å². The minimum absolute atomic E-state index is 0.0437. The van der Waals surface area contributed by atoms with E-state index in [0.29, 0.717) is 36.8 Å². The molecule has 0 spiro atoms. The van der Waals surface area contributed by atoms with Gasteiger partial charge in [0.2, 0.25) is 5.91 Å². The van der Waals surface area contributed by atoms with Gasteiger partial charge in [-0.25, -0.2) is 0 Å². The van der Waals surface area contributed by atoms with Crippen LogP contribution in [0.1, 0.15) is 38.5 Å². The molecule has 3 aliphatic rings. The van der Waals surface area contributed by atoms with Crippen LogP contribution in [-0.4, -0.2) is 41.8 Å². The average molecular weight is 275 g/mol. The van der Waals surface area contributed by atoms with Crippen molar-refractivity contribution in [3.05, 3.63) is 0 Å². The quantitative estimate of drug-likeness (QED) is 0.828. The molecule has 1 saturated heterocycles. The molecule has 0 radical (unpaired) electrons. The van der Waals surface area contributed by atoms with E-state index in [4.69, 9.17) is 5.26 Å². The third-order valence-electron chi connectivity index (χ3n) is 5.09. The molecule has 3 fully saturated rings. The van der Waals surface area contributed by atoms with Crippen molar-refractivity contribution in [2.45, 2.75) is 50.6 Å². The summed E-state index contributed by atoms with van der Waals surface area (Å²) in [5, 5.41) is 12.3. The molecule has 1 N–H and O–H groups in total. The van der Waals surface area contributed by atoms with Crippen molar-refractivity contribution in [2.75, 3.05) is 13.1 Å². The standard InChI is InChI=1S/C15H21N3O2/c16-8-13-2-1-3-18(13)15(20)9-17-12-4-10-6-14(19)7-11(10)5-12/h10-13,17H,1-7,9H2/t10-,11+,12?,13?. The Bertz CT molecular complexity index is 441. The number of amides is 1. The van der Waals surface area contributed by atoms with Crippen LogP contribution in [0.3, 0.4) is 0 Å². The Hall–Kier alpha value is -1.41. The molecule has 1 heterocycles. The van der Waals surface area contributed by atoms with Gasteiger partial charge in [-0.05, 0) is 37.5 Å². The summed E-state index contributed by atoms with van der Waals surface area (Å²) in [7, 11) is 0. The summed E-state index contributed by atoms with van der Waals surface area (Å²) < 4.78 is 0. The number of nitrogens with one attached hydrogen (secondary N) is 1. The Morgan fingerprint density at radius 1 is 1.35 bits per heavy atom. The van der Waals surface area contributed by atoms with Crippen LogP contribution >= 0.6 is 0 Å². The van der Waals surface area contributed by atoms with Gasteiger partial charge in [0.15, 0.2) is 0 Å². The molecule has 1 aliphatic heterocycles. The number of hydrogen-bond donors (Lipinski definition) is 1. The highest BCUT2D eigenvalue weighted by Gasteiger charge is 2.41. The monoisotopic (exact) mass is 275 g/mol. The van der Waals surface area contributed by atoms with E-state index < -0.39 is 0 Å². The summed E-state index contributed by atoms with van der Waals surface area (Å²) in [5.41, 5.74) is 0. The van der Waals surface area contributed by atoms with Crippen molar-refractivity contribution in [2.24, 2.45) is 11.8 Å². The molecular formula is C15H21N3O2. The molecule has 5 heteroatoms. The first-order chi connectivity index (χ1) is 9.67. The Morgan fingerprint density at radius 2 is 2.05 bits per heavy atom. The molecule has 1 amide bonds. The fourth-order valence-corrected chi connectivity index (χ4v) is 4.08. The maximum absolute atomic E-state index is 12.1. The van der Waals surface area contributed by atoms with Crippen LogP contribution < -0.4 is 5.32 Å². The average Bonchev–Trinajstić information content (AvgIpc) is 3.08. The maximum Gasteiger partial charge on any atom is 0.237 e. The second kappa shape index (κ2) is 5.53. The van der Waals surface area contributed by atoms with Gasteiger partial charge in [-0.3, -0.25) is 9.59 Å². The van der Waals surface area contributed by atoms with Gasteiger partial charge in [0.1, 0.15) is 11.8 Å². The molecule has 0 aromatic heterocycles. The molecule has 0 aromatic carbocycles. The fourth-order valence-electron chi connectivity index (χ4n) is 4.08. The van der Waals surface area contributed by atoms with Crippen LogP contribution in [0.5, 0.6) is 0 Å². The zero-order valence-corrected chi connectivity index (χ0v) is 11.7. The van der Waals surface area contributed by atoms with Crippen LogP contribution in [-0.2, 0) is 9.59 Å². The largest absolute Gasteiger partial charge is 0.326 e. The topological polar surface area (TPSA) is 73.2 Å². The lowest BCUT2D eigenvalue weighted by Gasteiger charge is -2.21. The van der Waals surface area contributed by atoms with Crippen LogP contribution in [0.15, 0.2) is 0 Å². The van der Waals surface area contributed by atoms with Crippen molar-refractivity contribution in [1.82, 2.24) is 10.2 Å². The summed E-state index contributed by atoms with van der Waals surface area (Å²) >= 11 is 0. The molecular weight excluding hydrogens is 254 g/mol. The predicted molar refractivity (Wildman–Crippen MR) is 72.6 cm³/mol. The first-order valence-corrected chi connectivity index (χ1v) is 7.61. The zero-order chi connectivity index (χ0) is 14.1. The van der Waals surface area contributed by atoms with Gasteiger partial charge < -0.3 is 10.2 Å². The highest BCUT2D eigenvalue weighted by atomic mass is 16.2. The minimum Gasteiger partial charge on any atom is -0.326 e. The molecule has 2 unspecified atom stereocenters. The van der Waals surface area contributed by atoms with E-state index in [2.05, 4.69) is 11.4 Å². The Kier molecular flexibility index (Phi) is 3.75. The highest BCUT2D eigenvalue weighted by Crippen LogP contribution is 2.42. The third-order valence-corrected chi connectivity index (χ3v) is 5.09. The Morgan fingerprint density at radius 3 is 2.70 bits per heavy atom. The number of nitrogens with zero attached hydrogens (tertiary/aromatic N) is 2. The van der Waals surface area contributed by atoms with E-state index >= 15 is 0 Å². The van der Waals surface area contributed by atoms with Crippen LogP contribution in [0.4, 0.5) is 0 Å². The zero-order valence-electron chi connectivity index (χ0n) is 11.7. The normalized spacial score (nSPS) is 36.1. The molecule has 20 heavy (non-hydrogen) atoms. The summed E-state index contributed by atoms with van der Waals surface area (Å²) in [5.74, 6) is 1.52. The second-order valence-electron chi connectivity index (χ2n) is 6.39. The van der Waals surface area contributed by atoms with Crippen molar-refractivity contribution in [1.29, 1.82) is 5.26 Å². The second-order valence-corrected chi connectivity index (χ2v) is 6.39. The summed E-state index contributed by atoms with van der Waals surface area (Å²) in [4.78, 5) is 25.2. The predicted octanol–water partition coefficient (Wildman–Crippen LogP) is 0.848. The van der Waals surface area contributed by atoms with Crippen molar-refractivity contribution in [3.8, 4) is 6.07 Å². The maximum atomic E-state index is 12.1. The lowest BCUT2D eigenvalue weighted by molar-refractivity contribution is -0.130. The van der Waals surface area contributed by atoms with E-state index in [1.165, 1.54) is 0 Å². The minimum atomic E-state index is -0.232. The number of carbonyl (C=O) groups is 2. The van der Waals surface area contributed by atoms with E-state index in [1.54, 1.807) is 4.90 Å². The third kappa shape index (κ3) is 2.57. The lowest BCUT2D eigenvalue weighted by atomic mass is 10.0. The molecule has 0 bridgehead atoms. The smallest absolute Gasteiger partial charge is 0.237 e. The van der Waals surface area contributed by atoms with Gasteiger partial charge in [0.05, 0.1) is 12.6 Å². The summed E-state index contributed by atoms with van der Waals surface area (Å²) in [6.45, 7) is 1.04. The number of ketones is 1. The van der Waals surface area contributed by atoms with Gasteiger partial charge in [0, 0.05) is 25.4 Å². The molecule has 2 aliphatic carbocycles. The number of nitriles is 1. The number of hydrogen-bond acceptors (Lipinski definition) is 4. The fraction of sp³-hybridized carbons (Fsp3) is 0.800. The molecule has 4 atom stereocenters. The van der Waals surface area contributed by atoms with Gasteiger partial charge in [-0.1, -0.05) is 0 Å². The Balaban J connectivity index is 1.45. The first-order valence-electron chi connectivity index (χ1n) is 7.61. The van der Waals surface area contributed by atoms with E-state index in [-0.39, 0.29) is 11.9 Å². The SMILES string of the molecule is N#CC1CCCN1C(=O)CNC1C[C@H]2CC(=O)C[C@H]2C1. The molecule has 108 valence electrons. The van der Waals surface area contributed by atoms with Gasteiger partial charge in [0.25, 0.3) is 0 Å². The van der Waals surface area contributed by atoms with Gasteiger partial charge >= 0.3 is 0 Å². The van der Waals surface area contributed by atoms with Crippen LogP contribution in [0, 0.1) is 23.2 Å². The molecule has 2 saturated carbocycles. The number of fused-ring (bicyclic) bond motifs is 1. The summed E-state index contributed by atoms with van der Waals surface area (Å²) in [6.07, 6.45) is 5.24. The highest BCUT2D eigenvalue weighted by molar-refractivity contribution is 5.81. The van der Waals surface area contributed by atoms with Crippen molar-refractivity contribution in [3.63, 3.8) is 0 Å². The van der Waals surface area contributed by atoms with Crippen LogP contribution in [0.2, 0.25) is 0 Å². The molecule has 5 nitrogen and oxygen atoms in total. The van der Waals surface area contributed by atoms with Crippen molar-refractivity contribution >= 4 is 11.7 Å². The first kappa shape index (κ1) is 13.6. The van der Waals surface area contributed by atoms with E-state index in [0.717, 1.165) is 38.5 Å². The molecule has 0 aromatic rings. The number of Topliss-reactive ketones (excluding diaryl/α,β-unsaturated/α-hetero) is 1. The number of rotatable bonds is 3. The number of likely N-dealkylation sites (tertiary alicyclic amines) is 1. The van der Waals surface area contributed by atoms with E-state index in [9.17, 15) is 9.59 Å². The summed E-state index contributed by atoms with van der Waals surface area (Å²) in [6, 6.07) is 2.33.